The van der Waals surface area contributed by atoms with Gasteiger partial charge in [-0.15, -0.1) is 0 Å². The number of aliphatic hydroxyl groups is 1. The number of aliphatic hydroxyl groups excluding tert-OH is 1. The third-order valence-electron chi connectivity index (χ3n) is 5.83. The highest BCUT2D eigenvalue weighted by Gasteiger charge is 2.31. The summed E-state index contributed by atoms with van der Waals surface area (Å²) in [7, 11) is 0. The zero-order chi connectivity index (χ0) is 24.3. The topological polar surface area (TPSA) is 110 Å². The summed E-state index contributed by atoms with van der Waals surface area (Å²) in [5.41, 5.74) is 1.34. The number of alkyl halides is 1. The first-order chi connectivity index (χ1) is 15.6. The van der Waals surface area contributed by atoms with Crippen molar-refractivity contribution in [3.63, 3.8) is 0 Å². The van der Waals surface area contributed by atoms with E-state index in [4.69, 9.17) is 4.74 Å². The van der Waals surface area contributed by atoms with Crippen molar-refractivity contribution < 1.29 is 33.0 Å². The van der Waals surface area contributed by atoms with Crippen molar-refractivity contribution in [2.75, 3.05) is 31.7 Å². The number of hydrogen-bond acceptors (Lipinski definition) is 5. The second-order valence-corrected chi connectivity index (χ2v) is 8.10. The molecule has 0 aliphatic carbocycles. The molecule has 3 N–H and O–H groups in total. The number of amides is 2. The highest BCUT2D eigenvalue weighted by atomic mass is 19.1. The van der Waals surface area contributed by atoms with Crippen LogP contribution in [0.15, 0.2) is 18.2 Å². The fraction of sp³-hybridized carbons (Fsp3) is 0.435. The Balaban J connectivity index is 1.86. The molecule has 0 radical (unpaired) electrons. The number of anilines is 1. The van der Waals surface area contributed by atoms with Crippen LogP contribution >= 0.6 is 0 Å². The summed E-state index contributed by atoms with van der Waals surface area (Å²) in [6.07, 6.45) is -0.731. The zero-order valence-electron chi connectivity index (χ0n) is 18.7. The van der Waals surface area contributed by atoms with Gasteiger partial charge in [0.1, 0.15) is 12.5 Å². The van der Waals surface area contributed by atoms with Gasteiger partial charge in [0.05, 0.1) is 37.1 Å². The van der Waals surface area contributed by atoms with Gasteiger partial charge in [-0.25, -0.2) is 8.78 Å². The number of benzene rings is 1. The Labute approximate surface area is 189 Å². The van der Waals surface area contributed by atoms with Gasteiger partial charge < -0.3 is 25.0 Å². The molecule has 2 heterocycles. The lowest BCUT2D eigenvalue weighted by Crippen LogP contribution is -2.38. The minimum atomic E-state index is -0.920. The number of carbonyl (C=O) groups is 3. The van der Waals surface area contributed by atoms with E-state index in [1.165, 1.54) is 29.7 Å². The van der Waals surface area contributed by atoms with Crippen molar-refractivity contribution >= 4 is 23.3 Å². The molecule has 1 aliphatic rings. The predicted octanol–water partition coefficient (Wildman–Crippen LogP) is 2.08. The minimum absolute atomic E-state index is 0.0465. The molecule has 2 aromatic rings. The quantitative estimate of drug-likeness (QED) is 0.410. The number of nitrogens with zero attached hydrogens (tertiary/aromatic N) is 1. The van der Waals surface area contributed by atoms with E-state index in [-0.39, 0.29) is 49.0 Å². The Bertz CT molecular complexity index is 1080. The summed E-state index contributed by atoms with van der Waals surface area (Å²) in [4.78, 5) is 38.5. The fourth-order valence-electron chi connectivity index (χ4n) is 4.00. The van der Waals surface area contributed by atoms with E-state index in [0.29, 0.717) is 16.9 Å². The molecule has 0 saturated carbocycles. The van der Waals surface area contributed by atoms with E-state index in [0.717, 1.165) is 0 Å². The van der Waals surface area contributed by atoms with Crippen LogP contribution in [0.25, 0.3) is 0 Å². The van der Waals surface area contributed by atoms with Gasteiger partial charge in [-0.1, -0.05) is 0 Å². The molecule has 1 unspecified atom stereocenters. The summed E-state index contributed by atoms with van der Waals surface area (Å²) in [5, 5.41) is 14.9. The molecular formula is C23H27F2N3O5. The van der Waals surface area contributed by atoms with E-state index in [1.807, 2.05) is 0 Å². The third kappa shape index (κ3) is 5.12. The molecule has 8 nitrogen and oxygen atoms in total. The summed E-state index contributed by atoms with van der Waals surface area (Å²) < 4.78 is 33.2. The van der Waals surface area contributed by atoms with Crippen LogP contribution in [-0.2, 0) is 16.1 Å². The van der Waals surface area contributed by atoms with Crippen molar-refractivity contribution in [3.05, 3.63) is 52.1 Å². The van der Waals surface area contributed by atoms with Gasteiger partial charge in [0.15, 0.2) is 0 Å². The highest BCUT2D eigenvalue weighted by molar-refractivity contribution is 6.43. The maximum absolute atomic E-state index is 13.5. The van der Waals surface area contributed by atoms with Crippen LogP contribution < -0.4 is 10.6 Å². The number of aryl methyl sites for hydroxylation is 1. The lowest BCUT2D eigenvalue weighted by molar-refractivity contribution is -0.117. The number of ether oxygens (including phenoxy) is 1. The predicted molar refractivity (Wildman–Crippen MR) is 117 cm³/mol. The number of aromatic nitrogens is 1. The number of rotatable bonds is 8. The van der Waals surface area contributed by atoms with E-state index < -0.39 is 36.2 Å². The van der Waals surface area contributed by atoms with Crippen molar-refractivity contribution in [1.29, 1.82) is 0 Å². The Hall–Kier alpha value is -3.11. The van der Waals surface area contributed by atoms with E-state index in [1.54, 1.807) is 13.8 Å². The molecule has 2 amide bonds. The standard InChI is InChI=1S/C23H27F2N3O5/c1-12-8-16(4-5-17(12)25)27-22(31)19-13(2)20(28(7-6-24)14(19)3)21(30)23(32)26-9-15-10-33-11-18(15)29/h4-5,8,15,18,29H,6-7,9-11H2,1-3H3,(H,26,32)(H,27,31)/t15?,18-/m0/s1. The first-order valence-corrected chi connectivity index (χ1v) is 10.6. The molecule has 1 aromatic carbocycles. The normalized spacial score (nSPS) is 17.8. The highest BCUT2D eigenvalue weighted by Crippen LogP contribution is 2.25. The first-order valence-electron chi connectivity index (χ1n) is 10.6. The van der Waals surface area contributed by atoms with Crippen LogP contribution in [0.1, 0.15) is 37.7 Å². The smallest absolute Gasteiger partial charge is 0.294 e. The maximum Gasteiger partial charge on any atom is 0.294 e. The van der Waals surface area contributed by atoms with E-state index >= 15 is 0 Å². The van der Waals surface area contributed by atoms with Crippen LogP contribution in [0, 0.1) is 32.5 Å². The summed E-state index contributed by atoms with van der Waals surface area (Å²) in [6.45, 7) is 4.10. The number of Topliss-reactive ketones (excluding diaryl/α,β-unsaturated/α-hetero) is 1. The Morgan fingerprint density at radius 1 is 1.21 bits per heavy atom. The molecule has 1 aromatic heterocycles. The molecule has 10 heteroatoms. The minimum Gasteiger partial charge on any atom is -0.390 e. The number of carbonyl (C=O) groups excluding carboxylic acids is 3. The number of ketones is 1. The zero-order valence-corrected chi connectivity index (χ0v) is 18.7. The Morgan fingerprint density at radius 2 is 1.94 bits per heavy atom. The molecule has 2 atom stereocenters. The van der Waals surface area contributed by atoms with Gasteiger partial charge in [-0.2, -0.15) is 0 Å². The van der Waals surface area contributed by atoms with Crippen molar-refractivity contribution in [2.24, 2.45) is 5.92 Å². The van der Waals surface area contributed by atoms with Gasteiger partial charge in [0.25, 0.3) is 17.6 Å². The Kier molecular flexibility index (Phi) is 7.60. The van der Waals surface area contributed by atoms with Gasteiger partial charge in [-0.05, 0) is 50.1 Å². The molecule has 33 heavy (non-hydrogen) atoms. The van der Waals surface area contributed by atoms with Crippen LogP contribution in [-0.4, -0.2) is 59.8 Å². The van der Waals surface area contributed by atoms with Crippen LogP contribution in [0.4, 0.5) is 14.5 Å². The van der Waals surface area contributed by atoms with Crippen LogP contribution in [0.3, 0.4) is 0 Å². The van der Waals surface area contributed by atoms with Crippen molar-refractivity contribution in [1.82, 2.24) is 9.88 Å². The van der Waals surface area contributed by atoms with E-state index in [2.05, 4.69) is 10.6 Å². The Morgan fingerprint density at radius 3 is 2.55 bits per heavy atom. The lowest BCUT2D eigenvalue weighted by atomic mass is 10.1. The molecular weight excluding hydrogens is 436 g/mol. The van der Waals surface area contributed by atoms with Crippen LogP contribution in [0.2, 0.25) is 0 Å². The second-order valence-electron chi connectivity index (χ2n) is 8.10. The summed E-state index contributed by atoms with van der Waals surface area (Å²) in [6, 6.07) is 4.10. The monoisotopic (exact) mass is 463 g/mol. The molecule has 1 aliphatic heterocycles. The SMILES string of the molecule is Cc1cc(NC(=O)c2c(C)c(C(=O)C(=O)NCC3COC[C@@H]3O)n(CCF)c2C)ccc1F. The lowest BCUT2D eigenvalue weighted by Gasteiger charge is -2.14. The fourth-order valence-corrected chi connectivity index (χ4v) is 4.00. The van der Waals surface area contributed by atoms with Gasteiger partial charge >= 0.3 is 0 Å². The molecule has 0 spiro atoms. The van der Waals surface area contributed by atoms with Crippen molar-refractivity contribution in [3.8, 4) is 0 Å². The third-order valence-corrected chi connectivity index (χ3v) is 5.83. The first kappa shape index (κ1) is 24.5. The second kappa shape index (κ2) is 10.2. The van der Waals surface area contributed by atoms with Gasteiger partial charge in [-0.3, -0.25) is 14.4 Å². The average Bonchev–Trinajstić information content (AvgIpc) is 3.28. The largest absolute Gasteiger partial charge is 0.390 e. The maximum atomic E-state index is 13.5. The van der Waals surface area contributed by atoms with Gasteiger partial charge in [0, 0.05) is 23.8 Å². The van der Waals surface area contributed by atoms with E-state index in [9.17, 15) is 28.3 Å². The molecule has 1 fully saturated rings. The van der Waals surface area contributed by atoms with Crippen LogP contribution in [0.5, 0.6) is 0 Å². The molecule has 0 bridgehead atoms. The van der Waals surface area contributed by atoms with Gasteiger partial charge in [0.2, 0.25) is 0 Å². The number of hydrogen-bond donors (Lipinski definition) is 3. The van der Waals surface area contributed by atoms with Crippen molar-refractivity contribution in [2.45, 2.75) is 33.4 Å². The molecule has 3 rings (SSSR count). The molecule has 1 saturated heterocycles. The molecule has 178 valence electrons. The number of halogens is 2. The summed E-state index contributed by atoms with van der Waals surface area (Å²) in [5.74, 6) is -3.13. The average molecular weight is 463 g/mol. The summed E-state index contributed by atoms with van der Waals surface area (Å²) >= 11 is 0. The number of nitrogens with one attached hydrogen (secondary N) is 2.